The molecule has 0 amide bonds. The molecule has 5 heteroatoms. The van der Waals surface area contributed by atoms with E-state index in [0.717, 1.165) is 23.6 Å². The Bertz CT molecular complexity index is 641. The Kier molecular flexibility index (Phi) is 4.38. The predicted octanol–water partition coefficient (Wildman–Crippen LogP) is 4.18. The lowest BCUT2D eigenvalue weighted by atomic mass is 10.0. The molecule has 112 valence electrons. The van der Waals surface area contributed by atoms with Crippen LogP contribution >= 0.6 is 22.9 Å². The molecule has 0 fully saturated rings. The molecule has 2 aromatic rings. The van der Waals surface area contributed by atoms with Gasteiger partial charge in [0.25, 0.3) is 0 Å². The van der Waals surface area contributed by atoms with Crippen molar-refractivity contribution in [2.75, 3.05) is 19.8 Å². The molecule has 3 rings (SSSR count). The highest BCUT2D eigenvalue weighted by Gasteiger charge is 2.22. The van der Waals surface area contributed by atoms with Crippen LogP contribution in [0.15, 0.2) is 24.3 Å². The molecule has 0 radical (unpaired) electrons. The van der Waals surface area contributed by atoms with Crippen LogP contribution in [-0.2, 0) is 0 Å². The number of halogens is 1. The predicted molar refractivity (Wildman–Crippen MR) is 87.0 cm³/mol. The number of benzene rings is 1. The summed E-state index contributed by atoms with van der Waals surface area (Å²) in [7, 11) is 0. The van der Waals surface area contributed by atoms with Crippen LogP contribution in [0.4, 0.5) is 0 Å². The van der Waals surface area contributed by atoms with Gasteiger partial charge in [0.15, 0.2) is 11.5 Å². The second-order valence-corrected chi connectivity index (χ2v) is 6.68. The van der Waals surface area contributed by atoms with E-state index in [1.165, 1.54) is 9.75 Å². The Morgan fingerprint density at radius 1 is 1.24 bits per heavy atom. The van der Waals surface area contributed by atoms with Gasteiger partial charge in [-0.05, 0) is 37.2 Å². The van der Waals surface area contributed by atoms with Crippen molar-refractivity contribution in [1.82, 2.24) is 5.32 Å². The molecular formula is C16H18ClNO2S. The normalized spacial score (nSPS) is 15.0. The highest BCUT2D eigenvalue weighted by atomic mass is 35.5. The monoisotopic (exact) mass is 323 g/mol. The highest BCUT2D eigenvalue weighted by molar-refractivity contribution is 7.12. The first-order valence-electron chi connectivity index (χ1n) is 7.07. The van der Waals surface area contributed by atoms with Crippen molar-refractivity contribution in [3.05, 3.63) is 44.6 Å². The van der Waals surface area contributed by atoms with Crippen LogP contribution in [0.5, 0.6) is 11.5 Å². The minimum Gasteiger partial charge on any atom is -0.486 e. The summed E-state index contributed by atoms with van der Waals surface area (Å²) in [6.07, 6.45) is 0. The first-order chi connectivity index (χ1) is 10.2. The zero-order valence-corrected chi connectivity index (χ0v) is 13.7. The Labute approximate surface area is 133 Å². The third-order valence-corrected chi connectivity index (χ3v) is 4.82. The second-order valence-electron chi connectivity index (χ2n) is 4.96. The summed E-state index contributed by atoms with van der Waals surface area (Å²) in [5.41, 5.74) is 1.03. The van der Waals surface area contributed by atoms with Gasteiger partial charge in [-0.2, -0.15) is 0 Å². The number of nitrogens with one attached hydrogen (secondary N) is 1. The zero-order valence-electron chi connectivity index (χ0n) is 12.1. The number of aryl methyl sites for hydroxylation is 1. The lowest BCUT2D eigenvalue weighted by Gasteiger charge is -2.23. The average Bonchev–Trinajstić information content (AvgIpc) is 2.91. The summed E-state index contributed by atoms with van der Waals surface area (Å²) in [4.78, 5) is 2.55. The molecule has 1 aromatic heterocycles. The average molecular weight is 324 g/mol. The topological polar surface area (TPSA) is 30.5 Å². The van der Waals surface area contributed by atoms with Gasteiger partial charge in [-0.15, -0.1) is 11.3 Å². The number of rotatable bonds is 4. The van der Waals surface area contributed by atoms with Crippen molar-refractivity contribution >= 4 is 22.9 Å². The number of thiophene rings is 1. The Morgan fingerprint density at radius 2 is 1.95 bits per heavy atom. The summed E-state index contributed by atoms with van der Waals surface area (Å²) >= 11 is 8.26. The maximum atomic E-state index is 6.48. The van der Waals surface area contributed by atoms with Crippen LogP contribution in [0.25, 0.3) is 0 Å². The molecule has 3 nitrogen and oxygen atoms in total. The molecule has 1 N–H and O–H groups in total. The number of ether oxygens (including phenoxy) is 2. The van der Waals surface area contributed by atoms with Gasteiger partial charge >= 0.3 is 0 Å². The fourth-order valence-corrected chi connectivity index (χ4v) is 3.71. The van der Waals surface area contributed by atoms with Gasteiger partial charge in [0, 0.05) is 20.8 Å². The van der Waals surface area contributed by atoms with Crippen molar-refractivity contribution in [1.29, 1.82) is 0 Å². The molecule has 1 unspecified atom stereocenters. The van der Waals surface area contributed by atoms with Gasteiger partial charge in [0.05, 0.1) is 6.04 Å². The minimum atomic E-state index is 0.0806. The second kappa shape index (κ2) is 6.26. The molecule has 1 aromatic carbocycles. The smallest absolute Gasteiger partial charge is 0.162 e. The van der Waals surface area contributed by atoms with E-state index in [-0.39, 0.29) is 6.04 Å². The van der Waals surface area contributed by atoms with Gasteiger partial charge in [-0.3, -0.25) is 0 Å². The standard InChI is InChI=1S/C16H18ClNO2S/c1-3-18-16(15-5-4-10(2)21-15)11-8-13-14(9-12(11)17)20-7-6-19-13/h4-5,8-9,16,18H,3,6-7H2,1-2H3. The summed E-state index contributed by atoms with van der Waals surface area (Å²) in [6.45, 7) is 6.23. The van der Waals surface area contributed by atoms with Crippen LogP contribution in [0.1, 0.15) is 28.3 Å². The summed E-state index contributed by atoms with van der Waals surface area (Å²) < 4.78 is 11.3. The van der Waals surface area contributed by atoms with E-state index in [1.807, 2.05) is 12.1 Å². The number of hydrogen-bond acceptors (Lipinski definition) is 4. The zero-order chi connectivity index (χ0) is 14.8. The van der Waals surface area contributed by atoms with E-state index in [4.69, 9.17) is 21.1 Å². The van der Waals surface area contributed by atoms with Crippen molar-refractivity contribution in [2.45, 2.75) is 19.9 Å². The fourth-order valence-electron chi connectivity index (χ4n) is 2.48. The third kappa shape index (κ3) is 3.03. The molecule has 2 heterocycles. The molecule has 1 aliphatic heterocycles. The van der Waals surface area contributed by atoms with Gasteiger partial charge < -0.3 is 14.8 Å². The lowest BCUT2D eigenvalue weighted by molar-refractivity contribution is 0.171. The molecule has 0 aliphatic carbocycles. The first kappa shape index (κ1) is 14.7. The Morgan fingerprint density at radius 3 is 2.57 bits per heavy atom. The van der Waals surface area contributed by atoms with Crippen LogP contribution in [-0.4, -0.2) is 19.8 Å². The number of hydrogen-bond donors (Lipinski definition) is 1. The van der Waals surface area contributed by atoms with Crippen molar-refractivity contribution in [2.24, 2.45) is 0 Å². The first-order valence-corrected chi connectivity index (χ1v) is 8.27. The lowest BCUT2D eigenvalue weighted by Crippen LogP contribution is -2.22. The maximum absolute atomic E-state index is 6.48. The van der Waals surface area contributed by atoms with Gasteiger partial charge in [-0.25, -0.2) is 0 Å². The summed E-state index contributed by atoms with van der Waals surface area (Å²) in [5, 5.41) is 4.21. The van der Waals surface area contributed by atoms with E-state index in [2.05, 4.69) is 31.3 Å². The van der Waals surface area contributed by atoms with Gasteiger partial charge in [0.2, 0.25) is 0 Å². The van der Waals surface area contributed by atoms with Crippen LogP contribution in [0, 0.1) is 6.92 Å². The summed E-state index contributed by atoms with van der Waals surface area (Å²) in [6, 6.07) is 8.23. The summed E-state index contributed by atoms with van der Waals surface area (Å²) in [5.74, 6) is 1.50. The molecule has 0 saturated heterocycles. The van der Waals surface area contributed by atoms with Crippen molar-refractivity contribution in [3.8, 4) is 11.5 Å². The maximum Gasteiger partial charge on any atom is 0.162 e. The van der Waals surface area contributed by atoms with Gasteiger partial charge in [-0.1, -0.05) is 18.5 Å². The largest absolute Gasteiger partial charge is 0.486 e. The molecule has 1 atom stereocenters. The highest BCUT2D eigenvalue weighted by Crippen LogP contribution is 2.40. The Hall–Kier alpha value is -1.23. The molecule has 0 spiro atoms. The van der Waals surface area contributed by atoms with Gasteiger partial charge in [0.1, 0.15) is 13.2 Å². The number of fused-ring (bicyclic) bond motifs is 1. The van der Waals surface area contributed by atoms with Crippen LogP contribution in [0.3, 0.4) is 0 Å². The molecular weight excluding hydrogens is 306 g/mol. The molecule has 0 saturated carbocycles. The molecule has 1 aliphatic rings. The van der Waals surface area contributed by atoms with Crippen LogP contribution in [0.2, 0.25) is 5.02 Å². The SMILES string of the molecule is CCNC(c1ccc(C)s1)c1cc2c(cc1Cl)OCCO2. The van der Waals surface area contributed by atoms with E-state index >= 15 is 0 Å². The van der Waals surface area contributed by atoms with E-state index in [9.17, 15) is 0 Å². The Balaban J connectivity index is 2.02. The van der Waals surface area contributed by atoms with E-state index in [0.29, 0.717) is 18.2 Å². The van der Waals surface area contributed by atoms with Crippen molar-refractivity contribution < 1.29 is 9.47 Å². The molecule has 0 bridgehead atoms. The third-order valence-electron chi connectivity index (χ3n) is 3.43. The van der Waals surface area contributed by atoms with Crippen LogP contribution < -0.4 is 14.8 Å². The fraction of sp³-hybridized carbons (Fsp3) is 0.375. The van der Waals surface area contributed by atoms with E-state index in [1.54, 1.807) is 11.3 Å². The molecule has 21 heavy (non-hydrogen) atoms. The van der Waals surface area contributed by atoms with Crippen molar-refractivity contribution in [3.63, 3.8) is 0 Å². The minimum absolute atomic E-state index is 0.0806. The van der Waals surface area contributed by atoms with E-state index < -0.39 is 0 Å². The quantitative estimate of drug-likeness (QED) is 0.915.